The number of amides is 1. The number of para-hydroxylation sites is 1. The van der Waals surface area contributed by atoms with E-state index >= 15 is 0 Å². The van der Waals surface area contributed by atoms with Gasteiger partial charge in [0, 0.05) is 19.0 Å². The fourth-order valence-corrected chi connectivity index (χ4v) is 2.43. The Morgan fingerprint density at radius 3 is 2.58 bits per heavy atom. The summed E-state index contributed by atoms with van der Waals surface area (Å²) < 4.78 is 16.3. The van der Waals surface area contributed by atoms with Crippen molar-refractivity contribution in [2.24, 2.45) is 0 Å². The Kier molecular flexibility index (Phi) is 9.73. The normalized spacial score (nSPS) is 10.2. The van der Waals surface area contributed by atoms with Crippen LogP contribution in [0.2, 0.25) is 0 Å². The molecule has 0 unspecified atom stereocenters. The van der Waals surface area contributed by atoms with E-state index in [2.05, 4.69) is 10.4 Å². The van der Waals surface area contributed by atoms with Crippen molar-refractivity contribution in [3.05, 3.63) is 58.5 Å². The maximum Gasteiger partial charge on any atom is 0.359 e. The first-order valence-electron chi connectivity index (χ1n) is 9.85. The lowest BCUT2D eigenvalue weighted by Gasteiger charge is -2.09. The number of ether oxygens (including phenoxy) is 3. The smallest absolute Gasteiger partial charge is 0.359 e. The minimum absolute atomic E-state index is 0.102. The lowest BCUT2D eigenvalue weighted by molar-refractivity contribution is -0.143. The fourth-order valence-electron chi connectivity index (χ4n) is 2.43. The van der Waals surface area contributed by atoms with Gasteiger partial charge in [0.1, 0.15) is 12.4 Å². The summed E-state index contributed by atoms with van der Waals surface area (Å²) in [6, 6.07) is 11.5. The number of hydrogen-bond donors (Lipinski definition) is 1. The van der Waals surface area contributed by atoms with Crippen LogP contribution in [0.15, 0.2) is 47.3 Å². The van der Waals surface area contributed by atoms with E-state index in [1.165, 1.54) is 12.1 Å². The van der Waals surface area contributed by atoms with Crippen LogP contribution in [0, 0.1) is 0 Å². The highest BCUT2D eigenvalue weighted by Gasteiger charge is 2.13. The summed E-state index contributed by atoms with van der Waals surface area (Å²) in [6.07, 6.45) is 0.601. The van der Waals surface area contributed by atoms with E-state index in [9.17, 15) is 19.2 Å². The van der Waals surface area contributed by atoms with Gasteiger partial charge in [0.25, 0.3) is 11.5 Å². The van der Waals surface area contributed by atoms with Crippen LogP contribution in [0.1, 0.15) is 30.3 Å². The van der Waals surface area contributed by atoms with Crippen molar-refractivity contribution in [1.82, 2.24) is 15.1 Å². The molecule has 0 bridgehead atoms. The first-order chi connectivity index (χ1) is 15.0. The minimum Gasteiger partial charge on any atom is -0.492 e. The third-order valence-electron chi connectivity index (χ3n) is 3.91. The van der Waals surface area contributed by atoms with Crippen molar-refractivity contribution in [1.29, 1.82) is 0 Å². The number of esters is 2. The summed E-state index contributed by atoms with van der Waals surface area (Å²) in [5, 5.41) is 6.50. The molecule has 1 amide bonds. The van der Waals surface area contributed by atoms with Gasteiger partial charge in [-0.1, -0.05) is 18.2 Å². The van der Waals surface area contributed by atoms with E-state index in [4.69, 9.17) is 14.2 Å². The Morgan fingerprint density at radius 1 is 1.06 bits per heavy atom. The van der Waals surface area contributed by atoms with Gasteiger partial charge in [-0.2, -0.15) is 5.10 Å². The van der Waals surface area contributed by atoms with E-state index in [1.54, 1.807) is 19.1 Å². The number of nitrogens with zero attached hydrogens (tertiary/aromatic N) is 2. The van der Waals surface area contributed by atoms with Gasteiger partial charge >= 0.3 is 11.9 Å². The highest BCUT2D eigenvalue weighted by Crippen LogP contribution is 2.07. The Labute approximate surface area is 179 Å². The van der Waals surface area contributed by atoms with Crippen molar-refractivity contribution in [2.75, 3.05) is 26.4 Å². The molecular weight excluding hydrogens is 406 g/mol. The van der Waals surface area contributed by atoms with Crippen LogP contribution in [0.4, 0.5) is 0 Å². The number of carbonyl (C=O) groups excluding carboxylic acids is 3. The predicted octanol–water partition coefficient (Wildman–Crippen LogP) is 0.939. The molecule has 31 heavy (non-hydrogen) atoms. The Balaban J connectivity index is 1.75. The van der Waals surface area contributed by atoms with Crippen LogP contribution in [0.25, 0.3) is 0 Å². The molecule has 0 aliphatic rings. The monoisotopic (exact) mass is 431 g/mol. The number of rotatable bonds is 12. The van der Waals surface area contributed by atoms with E-state index in [1.807, 2.05) is 18.2 Å². The zero-order valence-electron chi connectivity index (χ0n) is 17.2. The van der Waals surface area contributed by atoms with Gasteiger partial charge in [-0.15, -0.1) is 0 Å². The molecule has 166 valence electrons. The Bertz CT molecular complexity index is 928. The first kappa shape index (κ1) is 23.6. The van der Waals surface area contributed by atoms with Crippen molar-refractivity contribution in [3.63, 3.8) is 0 Å². The van der Waals surface area contributed by atoms with Crippen LogP contribution in [0.5, 0.6) is 5.75 Å². The molecule has 1 aromatic carbocycles. The highest BCUT2D eigenvalue weighted by molar-refractivity contribution is 5.89. The molecule has 0 aliphatic heterocycles. The average molecular weight is 431 g/mol. The maximum atomic E-state index is 12.1. The predicted molar refractivity (Wildman–Crippen MR) is 110 cm³/mol. The van der Waals surface area contributed by atoms with E-state index < -0.39 is 24.0 Å². The lowest BCUT2D eigenvalue weighted by Crippen LogP contribution is -2.31. The molecule has 0 spiro atoms. The molecule has 0 saturated heterocycles. The van der Waals surface area contributed by atoms with Crippen molar-refractivity contribution in [2.45, 2.75) is 26.3 Å². The summed E-state index contributed by atoms with van der Waals surface area (Å²) in [6.45, 7) is 2.09. The molecule has 1 N–H and O–H groups in total. The maximum absolute atomic E-state index is 12.1. The Morgan fingerprint density at radius 2 is 1.84 bits per heavy atom. The third kappa shape index (κ3) is 8.69. The summed E-state index contributed by atoms with van der Waals surface area (Å²) in [7, 11) is 0. The zero-order valence-corrected chi connectivity index (χ0v) is 17.2. The molecule has 1 heterocycles. The molecule has 0 aliphatic carbocycles. The molecule has 0 fully saturated rings. The largest absolute Gasteiger partial charge is 0.492 e. The summed E-state index contributed by atoms with van der Waals surface area (Å²) in [5.74, 6) is -1.03. The van der Waals surface area contributed by atoms with Crippen LogP contribution in [-0.2, 0) is 25.6 Å². The summed E-state index contributed by atoms with van der Waals surface area (Å²) >= 11 is 0. The number of aromatic nitrogens is 2. The number of benzene rings is 1. The van der Waals surface area contributed by atoms with Gasteiger partial charge in [-0.3, -0.25) is 14.4 Å². The number of carbonyl (C=O) groups is 3. The molecule has 10 heteroatoms. The van der Waals surface area contributed by atoms with Crippen molar-refractivity contribution < 1.29 is 28.6 Å². The standard InChI is InChI=1S/C21H25N3O7/c1-2-29-20(27)9-6-12-22-18(25)15-31-21(28)17-10-11-19(26)24(23-17)13-14-30-16-7-4-3-5-8-16/h3-5,7-8,10-11H,2,6,9,12-15H2,1H3,(H,22,25). The second kappa shape index (κ2) is 12.8. The Hall–Kier alpha value is -3.69. The van der Waals surface area contributed by atoms with Crippen LogP contribution in [-0.4, -0.2) is 54.0 Å². The first-order valence-corrected chi connectivity index (χ1v) is 9.85. The van der Waals surface area contributed by atoms with Gasteiger partial charge < -0.3 is 19.5 Å². The number of nitrogens with one attached hydrogen (secondary N) is 1. The SMILES string of the molecule is CCOC(=O)CCCNC(=O)COC(=O)c1ccc(=O)n(CCOc2ccccc2)n1. The van der Waals surface area contributed by atoms with Crippen molar-refractivity contribution >= 4 is 17.8 Å². The lowest BCUT2D eigenvalue weighted by atomic mass is 10.3. The highest BCUT2D eigenvalue weighted by atomic mass is 16.5. The number of hydrogen-bond acceptors (Lipinski definition) is 8. The van der Waals surface area contributed by atoms with Crippen molar-refractivity contribution in [3.8, 4) is 5.75 Å². The zero-order chi connectivity index (χ0) is 22.5. The van der Waals surface area contributed by atoms with Gasteiger partial charge in [0.2, 0.25) is 0 Å². The van der Waals surface area contributed by atoms with Gasteiger partial charge in [0.15, 0.2) is 12.3 Å². The van der Waals surface area contributed by atoms with E-state index in [-0.39, 0.29) is 37.8 Å². The van der Waals surface area contributed by atoms with Crippen LogP contribution in [0.3, 0.4) is 0 Å². The van der Waals surface area contributed by atoms with E-state index in [0.29, 0.717) is 18.8 Å². The molecule has 2 rings (SSSR count). The van der Waals surface area contributed by atoms with Gasteiger partial charge in [-0.05, 0) is 31.5 Å². The average Bonchev–Trinajstić information content (AvgIpc) is 2.77. The molecule has 2 aromatic rings. The quantitative estimate of drug-likeness (QED) is 0.389. The second-order valence-electron chi connectivity index (χ2n) is 6.28. The minimum atomic E-state index is -0.834. The van der Waals surface area contributed by atoms with Gasteiger partial charge in [-0.25, -0.2) is 9.48 Å². The molecule has 1 aromatic heterocycles. The van der Waals surface area contributed by atoms with Gasteiger partial charge in [0.05, 0.1) is 13.2 Å². The van der Waals surface area contributed by atoms with Crippen LogP contribution >= 0.6 is 0 Å². The summed E-state index contributed by atoms with van der Waals surface area (Å²) in [4.78, 5) is 47.0. The fraction of sp³-hybridized carbons (Fsp3) is 0.381. The topological polar surface area (TPSA) is 126 Å². The summed E-state index contributed by atoms with van der Waals surface area (Å²) in [5.41, 5.74) is -0.498. The third-order valence-corrected chi connectivity index (χ3v) is 3.91. The van der Waals surface area contributed by atoms with Crippen LogP contribution < -0.4 is 15.6 Å². The molecule has 10 nitrogen and oxygen atoms in total. The molecular formula is C21H25N3O7. The molecule has 0 radical (unpaired) electrons. The van der Waals surface area contributed by atoms with E-state index in [0.717, 1.165) is 4.68 Å². The molecule has 0 atom stereocenters. The molecule has 0 saturated carbocycles. The second-order valence-corrected chi connectivity index (χ2v) is 6.28.